The fourth-order valence-corrected chi connectivity index (χ4v) is 4.38. The molecule has 41 heavy (non-hydrogen) atoms. The molecule has 2 aromatic carbocycles. The number of pyridine rings is 1. The number of benzene rings is 2. The molecule has 1 saturated carbocycles. The fraction of sp³-hybridized carbons (Fsp3) is 0.167. The molecule has 0 unspecified atom stereocenters. The largest absolute Gasteiger partial charge is 0.416 e. The summed E-state index contributed by atoms with van der Waals surface area (Å²) in [6.45, 7) is 1.86. The minimum absolute atomic E-state index is 0.0177. The molecule has 5 aromatic rings. The highest BCUT2D eigenvalue weighted by molar-refractivity contribution is 6.05. The first kappa shape index (κ1) is 26.2. The van der Waals surface area contributed by atoms with Crippen molar-refractivity contribution >= 4 is 23.2 Å². The number of nitrogens with one attached hydrogen (secondary N) is 2. The van der Waals surface area contributed by atoms with Crippen molar-refractivity contribution in [3.05, 3.63) is 108 Å². The highest BCUT2D eigenvalue weighted by Gasteiger charge is 2.32. The first-order chi connectivity index (χ1) is 19.7. The van der Waals surface area contributed by atoms with Gasteiger partial charge in [0.2, 0.25) is 5.95 Å². The minimum atomic E-state index is -4.60. The van der Waals surface area contributed by atoms with Crippen LogP contribution in [0, 0.1) is 6.92 Å². The predicted molar refractivity (Wildman–Crippen MR) is 148 cm³/mol. The lowest BCUT2D eigenvalue weighted by atomic mass is 10.1. The van der Waals surface area contributed by atoms with Crippen LogP contribution in [-0.2, 0) is 6.18 Å². The van der Waals surface area contributed by atoms with Crippen LogP contribution in [0.1, 0.15) is 45.9 Å². The van der Waals surface area contributed by atoms with Crippen LogP contribution in [0.3, 0.4) is 0 Å². The van der Waals surface area contributed by atoms with E-state index < -0.39 is 17.6 Å². The second kappa shape index (κ2) is 10.5. The van der Waals surface area contributed by atoms with E-state index in [1.807, 2.05) is 19.1 Å². The Morgan fingerprint density at radius 2 is 1.88 bits per heavy atom. The van der Waals surface area contributed by atoms with E-state index in [-0.39, 0.29) is 16.9 Å². The van der Waals surface area contributed by atoms with E-state index >= 15 is 0 Å². The van der Waals surface area contributed by atoms with Gasteiger partial charge in [-0.25, -0.2) is 15.0 Å². The molecule has 3 aromatic heterocycles. The zero-order valence-corrected chi connectivity index (χ0v) is 21.9. The lowest BCUT2D eigenvalue weighted by molar-refractivity contribution is -0.137. The van der Waals surface area contributed by atoms with E-state index in [9.17, 15) is 18.0 Å². The van der Waals surface area contributed by atoms with Gasteiger partial charge in [0.15, 0.2) is 0 Å². The number of rotatable bonds is 7. The Kier molecular flexibility index (Phi) is 6.70. The quantitative estimate of drug-likeness (QED) is 0.226. The molecule has 8 nitrogen and oxygen atoms in total. The Hall–Kier alpha value is -5.06. The second-order valence-corrected chi connectivity index (χ2v) is 9.86. The van der Waals surface area contributed by atoms with Gasteiger partial charge in [-0.1, -0.05) is 6.07 Å². The minimum Gasteiger partial charge on any atom is -0.324 e. The van der Waals surface area contributed by atoms with Crippen LogP contribution in [0.4, 0.5) is 30.5 Å². The topological polar surface area (TPSA) is 97.6 Å². The molecule has 1 fully saturated rings. The van der Waals surface area contributed by atoms with Crippen molar-refractivity contribution in [2.75, 3.05) is 10.6 Å². The number of nitrogens with zero attached hydrogens (tertiary/aromatic N) is 5. The third-order valence-corrected chi connectivity index (χ3v) is 6.76. The molecule has 11 heteroatoms. The Labute approximate surface area is 233 Å². The van der Waals surface area contributed by atoms with Gasteiger partial charge in [0.05, 0.1) is 23.3 Å². The first-order valence-corrected chi connectivity index (χ1v) is 12.9. The maximum atomic E-state index is 13.7. The molecular formula is C30H24F3N7O. The van der Waals surface area contributed by atoms with Crippen LogP contribution in [0.25, 0.3) is 16.9 Å². The maximum Gasteiger partial charge on any atom is 0.416 e. The summed E-state index contributed by atoms with van der Waals surface area (Å²) in [5, 5.41) is 5.76. The summed E-state index contributed by atoms with van der Waals surface area (Å²) < 4.78 is 42.8. The van der Waals surface area contributed by atoms with Gasteiger partial charge >= 0.3 is 6.18 Å². The standard InChI is InChI=1S/C30H24F3N7O/c1-18-4-5-20(11-26(18)39-29-35-10-8-25(38-29)21-3-2-9-34-15-21)28(41)37-23-12-22(30(31,32)33)13-24(14-23)40-16-27(36-17-40)19-6-7-19/h2-5,8-17,19H,6-7H2,1H3,(H,37,41)(H,35,38,39). The predicted octanol–water partition coefficient (Wildman–Crippen LogP) is 6.92. The van der Waals surface area contributed by atoms with Gasteiger partial charge in [-0.3, -0.25) is 9.78 Å². The Bertz CT molecular complexity index is 1730. The van der Waals surface area contributed by atoms with Crippen LogP contribution < -0.4 is 10.6 Å². The molecule has 0 saturated heterocycles. The summed E-state index contributed by atoms with van der Waals surface area (Å²) in [6.07, 6.45) is 5.67. The van der Waals surface area contributed by atoms with Gasteiger partial charge in [-0.05, 0) is 73.9 Å². The highest BCUT2D eigenvalue weighted by atomic mass is 19.4. The monoisotopic (exact) mass is 555 g/mol. The smallest absolute Gasteiger partial charge is 0.324 e. The molecule has 0 radical (unpaired) electrons. The molecule has 3 heterocycles. The van der Waals surface area contributed by atoms with Gasteiger partial charge < -0.3 is 15.2 Å². The van der Waals surface area contributed by atoms with E-state index in [1.165, 1.54) is 12.4 Å². The van der Waals surface area contributed by atoms with Crippen molar-refractivity contribution in [2.45, 2.75) is 31.9 Å². The van der Waals surface area contributed by atoms with Gasteiger partial charge in [0.1, 0.15) is 0 Å². The number of halogens is 3. The number of carbonyl (C=O) groups is 1. The lowest BCUT2D eigenvalue weighted by Crippen LogP contribution is -2.14. The number of hydrogen-bond acceptors (Lipinski definition) is 6. The van der Waals surface area contributed by atoms with Crippen LogP contribution in [0.15, 0.2) is 85.7 Å². The number of hydrogen-bond donors (Lipinski definition) is 2. The van der Waals surface area contributed by atoms with Crippen LogP contribution in [-0.4, -0.2) is 30.4 Å². The molecule has 0 atom stereocenters. The van der Waals surface area contributed by atoms with Crippen LogP contribution in [0.2, 0.25) is 0 Å². The number of aromatic nitrogens is 5. The number of imidazole rings is 1. The van der Waals surface area contributed by atoms with E-state index in [2.05, 4.69) is 30.6 Å². The zero-order chi connectivity index (χ0) is 28.6. The molecule has 206 valence electrons. The van der Waals surface area contributed by atoms with Gasteiger partial charge in [-0.15, -0.1) is 0 Å². The third-order valence-electron chi connectivity index (χ3n) is 6.76. The number of anilines is 3. The molecule has 0 spiro atoms. The van der Waals surface area contributed by atoms with Crippen LogP contribution >= 0.6 is 0 Å². The van der Waals surface area contributed by atoms with Crippen LogP contribution in [0.5, 0.6) is 0 Å². The Morgan fingerprint density at radius 1 is 1.02 bits per heavy atom. The third kappa shape index (κ3) is 5.93. The van der Waals surface area contributed by atoms with Gasteiger partial charge in [0, 0.05) is 58.9 Å². The highest BCUT2D eigenvalue weighted by Crippen LogP contribution is 2.39. The summed E-state index contributed by atoms with van der Waals surface area (Å²) in [5.74, 6) is 0.113. The SMILES string of the molecule is Cc1ccc(C(=O)Nc2cc(-n3cnc(C4CC4)c3)cc(C(F)(F)F)c2)cc1Nc1nccc(-c2cccnc2)n1. The zero-order valence-electron chi connectivity index (χ0n) is 21.9. The lowest BCUT2D eigenvalue weighted by Gasteiger charge is -2.14. The average molecular weight is 556 g/mol. The van der Waals surface area contributed by atoms with Crippen molar-refractivity contribution in [2.24, 2.45) is 0 Å². The van der Waals surface area contributed by atoms with Gasteiger partial charge in [-0.2, -0.15) is 13.2 Å². The number of carbonyl (C=O) groups excluding carboxylic acids is 1. The molecule has 1 amide bonds. The van der Waals surface area contributed by atoms with Crippen molar-refractivity contribution in [3.8, 4) is 16.9 Å². The molecule has 0 bridgehead atoms. The molecule has 2 N–H and O–H groups in total. The van der Waals surface area contributed by atoms with E-state index in [0.29, 0.717) is 23.2 Å². The molecule has 6 rings (SSSR count). The summed E-state index contributed by atoms with van der Waals surface area (Å²) in [4.78, 5) is 30.5. The fourth-order valence-electron chi connectivity index (χ4n) is 4.38. The van der Waals surface area contributed by atoms with E-state index in [1.54, 1.807) is 53.6 Å². The summed E-state index contributed by atoms with van der Waals surface area (Å²) in [5.41, 5.74) is 3.40. The Morgan fingerprint density at radius 3 is 2.63 bits per heavy atom. The summed E-state index contributed by atoms with van der Waals surface area (Å²) in [6, 6.07) is 13.9. The first-order valence-electron chi connectivity index (χ1n) is 12.9. The Balaban J connectivity index is 1.25. The maximum absolute atomic E-state index is 13.7. The second-order valence-electron chi connectivity index (χ2n) is 9.86. The average Bonchev–Trinajstić information content (AvgIpc) is 3.70. The number of alkyl halides is 3. The summed E-state index contributed by atoms with van der Waals surface area (Å²) >= 11 is 0. The van der Waals surface area contributed by atoms with Crippen molar-refractivity contribution in [3.63, 3.8) is 0 Å². The van der Waals surface area contributed by atoms with E-state index in [0.717, 1.165) is 41.8 Å². The van der Waals surface area contributed by atoms with Gasteiger partial charge in [0.25, 0.3) is 5.91 Å². The molecular weight excluding hydrogens is 531 g/mol. The van der Waals surface area contributed by atoms with Crippen molar-refractivity contribution < 1.29 is 18.0 Å². The van der Waals surface area contributed by atoms with Crippen molar-refractivity contribution in [1.29, 1.82) is 0 Å². The number of aryl methyl sites for hydroxylation is 1. The van der Waals surface area contributed by atoms with Crippen molar-refractivity contribution in [1.82, 2.24) is 24.5 Å². The van der Waals surface area contributed by atoms with E-state index in [4.69, 9.17) is 0 Å². The molecule has 1 aliphatic rings. The molecule has 1 aliphatic carbocycles. The number of amides is 1. The summed E-state index contributed by atoms with van der Waals surface area (Å²) in [7, 11) is 0. The normalized spacial score (nSPS) is 13.2. The molecule has 0 aliphatic heterocycles.